The number of benzene rings is 1. The third kappa shape index (κ3) is 1.56. The van der Waals surface area contributed by atoms with Crippen LogP contribution in [0.3, 0.4) is 0 Å². The van der Waals surface area contributed by atoms with E-state index in [1.54, 1.807) is 12.2 Å². The van der Waals surface area contributed by atoms with Crippen molar-refractivity contribution >= 4 is 5.69 Å². The van der Waals surface area contributed by atoms with E-state index in [0.717, 1.165) is 11.3 Å². The standard InChI is InChI=1S/C12H10N2O3/c15-14(16)11-6-3-7-12(17-11)8-9-4-1-2-5-10(9)13-12/h1-7,13H,8H2. The predicted octanol–water partition coefficient (Wildman–Crippen LogP) is 2.06. The number of allylic oxidation sites excluding steroid dienone is 2. The SMILES string of the molecule is O=[N+]([O-])C1=CC=CC2(Cc3ccccc3N2)O1. The number of rotatable bonds is 1. The Kier molecular flexibility index (Phi) is 1.95. The van der Waals surface area contributed by atoms with Crippen LogP contribution in [0.5, 0.6) is 0 Å². The first-order chi connectivity index (χ1) is 8.19. The van der Waals surface area contributed by atoms with Gasteiger partial charge in [-0.15, -0.1) is 0 Å². The second-order valence-electron chi connectivity index (χ2n) is 4.07. The summed E-state index contributed by atoms with van der Waals surface area (Å²) in [4.78, 5) is 10.2. The van der Waals surface area contributed by atoms with Gasteiger partial charge in [0.1, 0.15) is 4.92 Å². The number of nitrogens with zero attached hydrogens (tertiary/aromatic N) is 1. The van der Waals surface area contributed by atoms with Crippen LogP contribution >= 0.6 is 0 Å². The maximum absolute atomic E-state index is 10.7. The highest BCUT2D eigenvalue weighted by atomic mass is 16.7. The zero-order valence-corrected chi connectivity index (χ0v) is 8.92. The molecular weight excluding hydrogens is 220 g/mol. The first-order valence-electron chi connectivity index (χ1n) is 5.28. The van der Waals surface area contributed by atoms with E-state index in [4.69, 9.17) is 4.74 Å². The van der Waals surface area contributed by atoms with Gasteiger partial charge in [-0.2, -0.15) is 0 Å². The first kappa shape index (κ1) is 9.89. The Labute approximate surface area is 97.5 Å². The number of nitro groups is 1. The van der Waals surface area contributed by atoms with E-state index in [2.05, 4.69) is 5.32 Å². The maximum atomic E-state index is 10.7. The van der Waals surface area contributed by atoms with Crippen LogP contribution in [0.1, 0.15) is 5.56 Å². The van der Waals surface area contributed by atoms with Crippen LogP contribution in [0.15, 0.2) is 48.4 Å². The van der Waals surface area contributed by atoms with Gasteiger partial charge in [-0.3, -0.25) is 10.1 Å². The summed E-state index contributed by atoms with van der Waals surface area (Å²) in [6, 6.07) is 7.78. The van der Waals surface area contributed by atoms with Crippen LogP contribution < -0.4 is 5.32 Å². The van der Waals surface area contributed by atoms with E-state index < -0.39 is 10.6 Å². The molecule has 1 atom stereocenters. The predicted molar refractivity (Wildman–Crippen MR) is 61.8 cm³/mol. The Hall–Kier alpha value is -2.30. The lowest BCUT2D eigenvalue weighted by Gasteiger charge is -2.27. The number of nitrogens with one attached hydrogen (secondary N) is 1. The van der Waals surface area contributed by atoms with Crippen LogP contribution in [-0.4, -0.2) is 10.6 Å². The zero-order chi connectivity index (χ0) is 11.9. The topological polar surface area (TPSA) is 64.4 Å². The summed E-state index contributed by atoms with van der Waals surface area (Å²) in [6.45, 7) is 0. The summed E-state index contributed by atoms with van der Waals surface area (Å²) in [5, 5.41) is 13.9. The Morgan fingerprint density at radius 1 is 1.41 bits per heavy atom. The molecule has 5 heteroatoms. The monoisotopic (exact) mass is 230 g/mol. The third-order valence-electron chi connectivity index (χ3n) is 2.89. The summed E-state index contributed by atoms with van der Waals surface area (Å²) in [7, 11) is 0. The van der Waals surface area contributed by atoms with E-state index in [-0.39, 0.29) is 5.88 Å². The van der Waals surface area contributed by atoms with Gasteiger partial charge in [0, 0.05) is 12.1 Å². The minimum atomic E-state index is -0.805. The second-order valence-corrected chi connectivity index (χ2v) is 4.07. The van der Waals surface area contributed by atoms with E-state index in [9.17, 15) is 10.1 Å². The third-order valence-corrected chi connectivity index (χ3v) is 2.89. The largest absolute Gasteiger partial charge is 0.430 e. The molecule has 0 radical (unpaired) electrons. The highest BCUT2D eigenvalue weighted by Crippen LogP contribution is 2.36. The Morgan fingerprint density at radius 3 is 3.00 bits per heavy atom. The van der Waals surface area contributed by atoms with Crippen LogP contribution in [0, 0.1) is 10.1 Å². The van der Waals surface area contributed by atoms with Gasteiger partial charge in [-0.25, -0.2) is 0 Å². The minimum Gasteiger partial charge on any atom is -0.410 e. The van der Waals surface area contributed by atoms with Crippen molar-refractivity contribution in [2.75, 3.05) is 5.32 Å². The summed E-state index contributed by atoms with van der Waals surface area (Å²) in [6.07, 6.45) is 5.40. The molecule has 0 aromatic heterocycles. The molecular formula is C12H10N2O3. The maximum Gasteiger partial charge on any atom is 0.430 e. The number of ether oxygens (including phenoxy) is 1. The van der Waals surface area contributed by atoms with E-state index in [1.807, 2.05) is 24.3 Å². The van der Waals surface area contributed by atoms with Gasteiger partial charge in [0.15, 0.2) is 0 Å². The van der Waals surface area contributed by atoms with Crippen molar-refractivity contribution in [1.29, 1.82) is 0 Å². The Bertz CT molecular complexity index is 523. The Balaban J connectivity index is 1.91. The average Bonchev–Trinajstić information content (AvgIpc) is 2.66. The quantitative estimate of drug-likeness (QED) is 0.592. The molecule has 0 bridgehead atoms. The lowest BCUT2D eigenvalue weighted by molar-refractivity contribution is -0.469. The second kappa shape index (κ2) is 3.35. The number of para-hydroxylation sites is 1. The number of hydrogen-bond donors (Lipinski definition) is 1. The van der Waals surface area contributed by atoms with Gasteiger partial charge >= 0.3 is 5.88 Å². The van der Waals surface area contributed by atoms with Gasteiger partial charge in [-0.1, -0.05) is 18.2 Å². The molecule has 2 heterocycles. The van der Waals surface area contributed by atoms with Crippen LogP contribution in [0.4, 0.5) is 5.69 Å². The van der Waals surface area contributed by atoms with Crippen LogP contribution in [-0.2, 0) is 11.2 Å². The molecule has 0 amide bonds. The molecule has 86 valence electrons. The normalized spacial score (nSPS) is 24.8. The lowest BCUT2D eigenvalue weighted by Crippen LogP contribution is -2.39. The lowest BCUT2D eigenvalue weighted by atomic mass is 10.1. The van der Waals surface area contributed by atoms with Crippen molar-refractivity contribution in [3.63, 3.8) is 0 Å². The van der Waals surface area contributed by atoms with Crippen LogP contribution in [0.25, 0.3) is 0 Å². The molecule has 3 rings (SSSR count). The van der Waals surface area contributed by atoms with Gasteiger partial charge in [-0.05, 0) is 23.8 Å². The van der Waals surface area contributed by atoms with Gasteiger partial charge < -0.3 is 10.1 Å². The molecule has 0 aliphatic carbocycles. The van der Waals surface area contributed by atoms with Crippen molar-refractivity contribution in [1.82, 2.24) is 0 Å². The fourth-order valence-electron chi connectivity index (χ4n) is 2.15. The van der Waals surface area contributed by atoms with Gasteiger partial charge in [0.2, 0.25) is 5.72 Å². The molecule has 1 spiro atoms. The number of fused-ring (bicyclic) bond motifs is 1. The summed E-state index contributed by atoms with van der Waals surface area (Å²) < 4.78 is 5.44. The number of anilines is 1. The fraction of sp³-hybridized carbons (Fsp3) is 0.167. The van der Waals surface area contributed by atoms with Gasteiger partial charge in [0.05, 0.1) is 6.08 Å². The van der Waals surface area contributed by atoms with E-state index >= 15 is 0 Å². The number of hydrogen-bond acceptors (Lipinski definition) is 4. The van der Waals surface area contributed by atoms with Crippen LogP contribution in [0.2, 0.25) is 0 Å². The van der Waals surface area contributed by atoms with Gasteiger partial charge in [0.25, 0.3) is 0 Å². The summed E-state index contributed by atoms with van der Waals surface area (Å²) in [5.74, 6) is -0.229. The van der Waals surface area contributed by atoms with Crippen molar-refractivity contribution in [2.24, 2.45) is 0 Å². The highest BCUT2D eigenvalue weighted by molar-refractivity contribution is 5.59. The Morgan fingerprint density at radius 2 is 2.24 bits per heavy atom. The molecule has 2 aliphatic heterocycles. The van der Waals surface area contributed by atoms with Crippen molar-refractivity contribution in [2.45, 2.75) is 12.1 Å². The van der Waals surface area contributed by atoms with E-state index in [0.29, 0.717) is 6.42 Å². The molecule has 1 aromatic rings. The summed E-state index contributed by atoms with van der Waals surface area (Å²) >= 11 is 0. The molecule has 0 saturated carbocycles. The minimum absolute atomic E-state index is 0.229. The van der Waals surface area contributed by atoms with Crippen molar-refractivity contribution in [3.05, 3.63) is 64.1 Å². The molecule has 1 N–H and O–H groups in total. The molecule has 5 nitrogen and oxygen atoms in total. The fourth-order valence-corrected chi connectivity index (χ4v) is 2.15. The molecule has 17 heavy (non-hydrogen) atoms. The molecule has 0 saturated heterocycles. The molecule has 1 unspecified atom stereocenters. The zero-order valence-electron chi connectivity index (χ0n) is 8.92. The molecule has 1 aromatic carbocycles. The average molecular weight is 230 g/mol. The highest BCUT2D eigenvalue weighted by Gasteiger charge is 2.41. The summed E-state index contributed by atoms with van der Waals surface area (Å²) in [5.41, 5.74) is 1.25. The molecule has 0 fully saturated rings. The van der Waals surface area contributed by atoms with E-state index in [1.165, 1.54) is 6.08 Å². The first-order valence-corrected chi connectivity index (χ1v) is 5.28. The van der Waals surface area contributed by atoms with Crippen molar-refractivity contribution < 1.29 is 9.66 Å². The molecule has 2 aliphatic rings. The smallest absolute Gasteiger partial charge is 0.410 e. The van der Waals surface area contributed by atoms with Crippen molar-refractivity contribution in [3.8, 4) is 0 Å².